The standard InChI is InChI=1S/C13H18FN3OS/c1-16-4-6-17(7-5-16)13(18)9-19-12-8-10(14)2-3-11(12)15/h2-3,8H,4-7,9,15H2,1H3. The van der Waals surface area contributed by atoms with E-state index in [0.29, 0.717) is 16.3 Å². The van der Waals surface area contributed by atoms with Crippen LogP contribution in [0.2, 0.25) is 0 Å². The van der Waals surface area contributed by atoms with Crippen LogP contribution >= 0.6 is 11.8 Å². The van der Waals surface area contributed by atoms with E-state index in [1.165, 1.54) is 30.0 Å². The average Bonchev–Trinajstić information content (AvgIpc) is 2.40. The summed E-state index contributed by atoms with van der Waals surface area (Å²) in [5.74, 6) is 0.0580. The average molecular weight is 283 g/mol. The Hall–Kier alpha value is -1.27. The van der Waals surface area contributed by atoms with Gasteiger partial charge in [-0.25, -0.2) is 4.39 Å². The first-order valence-corrected chi connectivity index (χ1v) is 7.19. The van der Waals surface area contributed by atoms with Gasteiger partial charge in [0.25, 0.3) is 0 Å². The summed E-state index contributed by atoms with van der Waals surface area (Å²) < 4.78 is 13.1. The molecule has 6 heteroatoms. The van der Waals surface area contributed by atoms with Crippen LogP contribution in [0.3, 0.4) is 0 Å². The van der Waals surface area contributed by atoms with Crippen molar-refractivity contribution in [2.45, 2.75) is 4.90 Å². The number of benzene rings is 1. The molecule has 1 saturated heterocycles. The summed E-state index contributed by atoms with van der Waals surface area (Å²) in [4.78, 5) is 16.7. The molecule has 1 fully saturated rings. The molecule has 0 radical (unpaired) electrons. The molecule has 1 aromatic carbocycles. The molecule has 0 spiro atoms. The maximum absolute atomic E-state index is 13.1. The van der Waals surface area contributed by atoms with Crippen molar-refractivity contribution in [2.24, 2.45) is 0 Å². The number of nitrogens with two attached hydrogens (primary N) is 1. The van der Waals surface area contributed by atoms with Crippen LogP contribution in [-0.2, 0) is 4.79 Å². The molecular formula is C13H18FN3OS. The molecule has 2 N–H and O–H groups in total. The number of rotatable bonds is 3. The van der Waals surface area contributed by atoms with Gasteiger partial charge < -0.3 is 15.5 Å². The van der Waals surface area contributed by atoms with E-state index in [1.54, 1.807) is 0 Å². The second-order valence-electron chi connectivity index (χ2n) is 4.65. The van der Waals surface area contributed by atoms with Crippen molar-refractivity contribution in [3.63, 3.8) is 0 Å². The third-order valence-corrected chi connectivity index (χ3v) is 4.24. The van der Waals surface area contributed by atoms with Crippen LogP contribution in [0.25, 0.3) is 0 Å². The Balaban J connectivity index is 1.88. The van der Waals surface area contributed by atoms with E-state index in [2.05, 4.69) is 4.90 Å². The molecular weight excluding hydrogens is 265 g/mol. The molecule has 0 atom stereocenters. The first-order valence-electron chi connectivity index (χ1n) is 6.20. The first kappa shape index (κ1) is 14.1. The number of hydrogen-bond acceptors (Lipinski definition) is 4. The van der Waals surface area contributed by atoms with Crippen LogP contribution in [-0.4, -0.2) is 54.7 Å². The number of piperazine rings is 1. The molecule has 19 heavy (non-hydrogen) atoms. The second-order valence-corrected chi connectivity index (χ2v) is 5.67. The highest BCUT2D eigenvalue weighted by molar-refractivity contribution is 8.00. The number of likely N-dealkylation sites (N-methyl/N-ethyl adjacent to an activating group) is 1. The summed E-state index contributed by atoms with van der Waals surface area (Å²) in [5, 5.41) is 0. The van der Waals surface area contributed by atoms with E-state index in [4.69, 9.17) is 5.73 Å². The fourth-order valence-electron chi connectivity index (χ4n) is 1.92. The number of anilines is 1. The van der Waals surface area contributed by atoms with Crippen LogP contribution < -0.4 is 5.73 Å². The number of carbonyl (C=O) groups excluding carboxylic acids is 1. The van der Waals surface area contributed by atoms with Gasteiger partial charge in [0.1, 0.15) is 5.82 Å². The summed E-state index contributed by atoms with van der Waals surface area (Å²) in [6.45, 7) is 3.32. The molecule has 0 unspecified atom stereocenters. The predicted octanol–water partition coefficient (Wildman–Crippen LogP) is 1.27. The lowest BCUT2D eigenvalue weighted by Crippen LogP contribution is -2.47. The number of carbonyl (C=O) groups is 1. The van der Waals surface area contributed by atoms with Crippen LogP contribution in [0.15, 0.2) is 23.1 Å². The lowest BCUT2D eigenvalue weighted by atomic mass is 10.3. The summed E-state index contributed by atoms with van der Waals surface area (Å²) >= 11 is 1.29. The molecule has 0 bridgehead atoms. The third kappa shape index (κ3) is 3.84. The van der Waals surface area contributed by atoms with E-state index in [9.17, 15) is 9.18 Å². The van der Waals surface area contributed by atoms with Gasteiger partial charge in [-0.3, -0.25) is 4.79 Å². The Bertz CT molecular complexity index is 461. The lowest BCUT2D eigenvalue weighted by molar-refractivity contribution is -0.129. The molecule has 2 rings (SSSR count). The van der Waals surface area contributed by atoms with Crippen molar-refractivity contribution >= 4 is 23.4 Å². The van der Waals surface area contributed by atoms with Gasteiger partial charge in [0, 0.05) is 36.8 Å². The SMILES string of the molecule is CN1CCN(C(=O)CSc2cc(F)ccc2N)CC1. The van der Waals surface area contributed by atoms with Crippen molar-refractivity contribution < 1.29 is 9.18 Å². The minimum absolute atomic E-state index is 0.0850. The fourth-order valence-corrected chi connectivity index (χ4v) is 2.81. The van der Waals surface area contributed by atoms with Crippen molar-refractivity contribution in [3.05, 3.63) is 24.0 Å². The zero-order chi connectivity index (χ0) is 13.8. The normalized spacial score (nSPS) is 16.6. The molecule has 104 valence electrons. The molecule has 0 aliphatic carbocycles. The molecule has 0 saturated carbocycles. The van der Waals surface area contributed by atoms with Gasteiger partial charge in [-0.15, -0.1) is 11.8 Å². The van der Waals surface area contributed by atoms with Crippen molar-refractivity contribution in [2.75, 3.05) is 44.7 Å². The molecule has 1 aromatic rings. The van der Waals surface area contributed by atoms with E-state index < -0.39 is 0 Å². The first-order chi connectivity index (χ1) is 9.06. The summed E-state index contributed by atoms with van der Waals surface area (Å²) in [5.41, 5.74) is 6.26. The van der Waals surface area contributed by atoms with E-state index in [0.717, 1.165) is 26.2 Å². The van der Waals surface area contributed by atoms with Crippen LogP contribution in [0.1, 0.15) is 0 Å². The Kier molecular flexibility index (Phi) is 4.66. The minimum atomic E-state index is -0.330. The van der Waals surface area contributed by atoms with Crippen LogP contribution in [0, 0.1) is 5.82 Å². The molecule has 1 aliphatic rings. The molecule has 4 nitrogen and oxygen atoms in total. The largest absolute Gasteiger partial charge is 0.398 e. The summed E-state index contributed by atoms with van der Waals surface area (Å²) in [6, 6.07) is 4.22. The van der Waals surface area contributed by atoms with E-state index >= 15 is 0 Å². The highest BCUT2D eigenvalue weighted by atomic mass is 32.2. The molecule has 1 aliphatic heterocycles. The van der Waals surface area contributed by atoms with E-state index in [1.807, 2.05) is 11.9 Å². The van der Waals surface area contributed by atoms with Crippen molar-refractivity contribution in [1.82, 2.24) is 9.80 Å². The minimum Gasteiger partial charge on any atom is -0.398 e. The zero-order valence-corrected chi connectivity index (χ0v) is 11.8. The van der Waals surface area contributed by atoms with Gasteiger partial charge in [0.05, 0.1) is 5.75 Å². The van der Waals surface area contributed by atoms with Crippen molar-refractivity contribution in [3.8, 4) is 0 Å². The highest BCUT2D eigenvalue weighted by Gasteiger charge is 2.19. The lowest BCUT2D eigenvalue weighted by Gasteiger charge is -2.32. The van der Waals surface area contributed by atoms with Gasteiger partial charge >= 0.3 is 0 Å². The Morgan fingerprint density at radius 1 is 1.37 bits per heavy atom. The number of nitrogens with zero attached hydrogens (tertiary/aromatic N) is 2. The van der Waals surface area contributed by atoms with Gasteiger partial charge in [-0.1, -0.05) is 0 Å². The quantitative estimate of drug-likeness (QED) is 0.670. The summed E-state index contributed by atoms with van der Waals surface area (Å²) in [7, 11) is 2.05. The Labute approximate surface area is 116 Å². The molecule has 0 aromatic heterocycles. The topological polar surface area (TPSA) is 49.6 Å². The third-order valence-electron chi connectivity index (χ3n) is 3.18. The Morgan fingerprint density at radius 2 is 2.05 bits per heavy atom. The van der Waals surface area contributed by atoms with Gasteiger partial charge in [0.2, 0.25) is 5.91 Å². The monoisotopic (exact) mass is 283 g/mol. The molecule has 1 heterocycles. The number of nitrogen functional groups attached to an aromatic ring is 1. The van der Waals surface area contributed by atoms with Crippen LogP contribution in [0.5, 0.6) is 0 Å². The fraction of sp³-hybridized carbons (Fsp3) is 0.462. The van der Waals surface area contributed by atoms with E-state index in [-0.39, 0.29) is 11.7 Å². The zero-order valence-electron chi connectivity index (χ0n) is 10.9. The number of thioether (sulfide) groups is 1. The maximum Gasteiger partial charge on any atom is 0.233 e. The summed E-state index contributed by atoms with van der Waals surface area (Å²) in [6.07, 6.45) is 0. The maximum atomic E-state index is 13.1. The Morgan fingerprint density at radius 3 is 2.74 bits per heavy atom. The van der Waals surface area contributed by atoms with Gasteiger partial charge in [-0.05, 0) is 25.2 Å². The number of halogens is 1. The van der Waals surface area contributed by atoms with Crippen molar-refractivity contribution in [1.29, 1.82) is 0 Å². The molecule has 1 amide bonds. The second kappa shape index (κ2) is 6.25. The van der Waals surface area contributed by atoms with Gasteiger partial charge in [-0.2, -0.15) is 0 Å². The van der Waals surface area contributed by atoms with Gasteiger partial charge in [0.15, 0.2) is 0 Å². The smallest absolute Gasteiger partial charge is 0.233 e. The number of amides is 1. The number of hydrogen-bond donors (Lipinski definition) is 1. The predicted molar refractivity (Wildman–Crippen MR) is 75.6 cm³/mol. The highest BCUT2D eigenvalue weighted by Crippen LogP contribution is 2.26. The van der Waals surface area contributed by atoms with Crippen LogP contribution in [0.4, 0.5) is 10.1 Å².